The topological polar surface area (TPSA) is 136 Å². The molecule has 0 aliphatic carbocycles. The molecule has 0 aliphatic heterocycles. The predicted molar refractivity (Wildman–Crippen MR) is 110 cm³/mol. The third kappa shape index (κ3) is 5.05. The van der Waals surface area contributed by atoms with Crippen LogP contribution in [0.2, 0.25) is 0 Å². The molecule has 1 unspecified atom stereocenters. The van der Waals surface area contributed by atoms with Crippen LogP contribution in [-0.4, -0.2) is 27.2 Å². The SMILES string of the molecule is Cc1cc(Nc2cc(NC(Cc3ccncc3)C(N)=O)c(F)cc2C(N)=O)sn1. The minimum atomic E-state index is -0.871. The minimum absolute atomic E-state index is 0.0107. The van der Waals surface area contributed by atoms with Crippen molar-refractivity contribution in [3.8, 4) is 0 Å². The van der Waals surface area contributed by atoms with Gasteiger partial charge in [0.2, 0.25) is 5.91 Å². The molecule has 6 N–H and O–H groups in total. The fourth-order valence-electron chi connectivity index (χ4n) is 2.71. The molecule has 2 aromatic heterocycles. The van der Waals surface area contributed by atoms with Crippen LogP contribution in [0.1, 0.15) is 21.6 Å². The van der Waals surface area contributed by atoms with Gasteiger partial charge in [-0.15, -0.1) is 0 Å². The van der Waals surface area contributed by atoms with Crippen LogP contribution in [0.5, 0.6) is 0 Å². The van der Waals surface area contributed by atoms with Crippen molar-refractivity contribution in [2.24, 2.45) is 11.5 Å². The molecule has 10 heteroatoms. The smallest absolute Gasteiger partial charge is 0.250 e. The van der Waals surface area contributed by atoms with Crippen molar-refractivity contribution in [3.05, 3.63) is 65.4 Å². The monoisotopic (exact) mass is 414 g/mol. The van der Waals surface area contributed by atoms with E-state index in [0.29, 0.717) is 5.00 Å². The molecule has 0 spiro atoms. The molecule has 0 bridgehead atoms. The lowest BCUT2D eigenvalue weighted by Gasteiger charge is -2.19. The number of aryl methyl sites for hydroxylation is 1. The summed E-state index contributed by atoms with van der Waals surface area (Å²) < 4.78 is 18.8. The van der Waals surface area contributed by atoms with Crippen molar-refractivity contribution in [2.45, 2.75) is 19.4 Å². The number of carbonyl (C=O) groups excluding carboxylic acids is 2. The first-order chi connectivity index (χ1) is 13.8. The van der Waals surface area contributed by atoms with Gasteiger partial charge in [0.15, 0.2) is 0 Å². The third-order valence-corrected chi connectivity index (χ3v) is 4.92. The number of hydrogen-bond donors (Lipinski definition) is 4. The van der Waals surface area contributed by atoms with Crippen molar-refractivity contribution in [3.63, 3.8) is 0 Å². The number of hydrogen-bond acceptors (Lipinski definition) is 7. The number of nitrogens with zero attached hydrogens (tertiary/aromatic N) is 2. The largest absolute Gasteiger partial charge is 0.371 e. The van der Waals surface area contributed by atoms with Gasteiger partial charge in [-0.1, -0.05) is 0 Å². The Morgan fingerprint density at radius 3 is 2.48 bits per heavy atom. The second-order valence-corrected chi connectivity index (χ2v) is 7.16. The van der Waals surface area contributed by atoms with Crippen LogP contribution in [-0.2, 0) is 11.2 Å². The summed E-state index contributed by atoms with van der Waals surface area (Å²) in [6.07, 6.45) is 3.43. The first-order valence-corrected chi connectivity index (χ1v) is 9.39. The number of primary amides is 2. The Balaban J connectivity index is 1.91. The Morgan fingerprint density at radius 1 is 1.17 bits per heavy atom. The summed E-state index contributed by atoms with van der Waals surface area (Å²) in [5, 5.41) is 6.50. The van der Waals surface area contributed by atoms with E-state index in [9.17, 15) is 14.0 Å². The molecule has 0 saturated heterocycles. The Bertz CT molecular complexity index is 1040. The average molecular weight is 414 g/mol. The standard InChI is InChI=1S/C19H19FN6O2S/c1-10-6-17(29-26-10)25-14-9-15(13(20)8-12(14)18(21)27)24-16(19(22)28)7-11-2-4-23-5-3-11/h2-6,8-9,16,24-25H,7H2,1H3,(H2,21,27)(H2,22,28). The molecule has 1 aromatic carbocycles. The molecule has 2 amide bonds. The predicted octanol–water partition coefficient (Wildman–Crippen LogP) is 2.34. The fraction of sp³-hybridized carbons (Fsp3) is 0.158. The van der Waals surface area contributed by atoms with Crippen LogP contribution in [0.25, 0.3) is 0 Å². The maximum Gasteiger partial charge on any atom is 0.250 e. The highest BCUT2D eigenvalue weighted by molar-refractivity contribution is 7.10. The molecular formula is C19H19FN6O2S. The van der Waals surface area contributed by atoms with Crippen LogP contribution in [0.15, 0.2) is 42.7 Å². The summed E-state index contributed by atoms with van der Waals surface area (Å²) >= 11 is 1.19. The first-order valence-electron chi connectivity index (χ1n) is 8.62. The van der Waals surface area contributed by atoms with Crippen molar-refractivity contribution < 1.29 is 14.0 Å². The molecule has 0 saturated carbocycles. The van der Waals surface area contributed by atoms with Gasteiger partial charge in [-0.2, -0.15) is 4.37 Å². The van der Waals surface area contributed by atoms with Gasteiger partial charge in [0, 0.05) is 18.8 Å². The lowest BCUT2D eigenvalue weighted by atomic mass is 10.1. The number of nitrogens with one attached hydrogen (secondary N) is 2. The molecule has 150 valence electrons. The summed E-state index contributed by atoms with van der Waals surface area (Å²) in [6.45, 7) is 1.82. The summed E-state index contributed by atoms with van der Waals surface area (Å²) in [7, 11) is 0. The molecular weight excluding hydrogens is 395 g/mol. The summed E-state index contributed by atoms with van der Waals surface area (Å²) in [4.78, 5) is 27.6. The maximum atomic E-state index is 14.6. The summed E-state index contributed by atoms with van der Waals surface area (Å²) in [6, 6.07) is 6.79. The first kappa shape index (κ1) is 20.2. The number of benzene rings is 1. The zero-order valence-electron chi connectivity index (χ0n) is 15.5. The second kappa shape index (κ2) is 8.65. The molecule has 3 aromatic rings. The van der Waals surface area contributed by atoms with Gasteiger partial charge in [-0.25, -0.2) is 4.39 Å². The lowest BCUT2D eigenvalue weighted by Crippen LogP contribution is -2.37. The molecule has 8 nitrogen and oxygen atoms in total. The van der Waals surface area contributed by atoms with E-state index in [1.165, 1.54) is 17.6 Å². The van der Waals surface area contributed by atoms with E-state index in [2.05, 4.69) is 20.0 Å². The van der Waals surface area contributed by atoms with Gasteiger partial charge in [-0.3, -0.25) is 14.6 Å². The molecule has 2 heterocycles. The minimum Gasteiger partial charge on any atom is -0.371 e. The Kier molecular flexibility index (Phi) is 6.03. The number of amides is 2. The van der Waals surface area contributed by atoms with Crippen LogP contribution in [0.4, 0.5) is 20.8 Å². The van der Waals surface area contributed by atoms with Gasteiger partial charge >= 0.3 is 0 Å². The normalized spacial score (nSPS) is 11.7. The Hall–Kier alpha value is -3.53. The quantitative estimate of drug-likeness (QED) is 0.447. The Labute approximate surface area is 170 Å². The number of pyridine rings is 1. The number of nitrogens with two attached hydrogens (primary N) is 2. The van der Waals surface area contributed by atoms with Gasteiger partial charge in [0.25, 0.3) is 5.91 Å². The zero-order chi connectivity index (χ0) is 21.0. The van der Waals surface area contributed by atoms with E-state index < -0.39 is 23.7 Å². The van der Waals surface area contributed by atoms with Crippen molar-refractivity contribution in [2.75, 3.05) is 10.6 Å². The van der Waals surface area contributed by atoms with Crippen LogP contribution < -0.4 is 22.1 Å². The number of aromatic nitrogens is 2. The second-order valence-electron chi connectivity index (χ2n) is 6.36. The highest BCUT2D eigenvalue weighted by Crippen LogP contribution is 2.29. The number of halogens is 1. The number of rotatable bonds is 8. The van der Waals surface area contributed by atoms with Crippen LogP contribution >= 0.6 is 11.5 Å². The molecule has 0 aliphatic rings. The number of anilines is 3. The van der Waals surface area contributed by atoms with E-state index in [4.69, 9.17) is 11.5 Å². The van der Waals surface area contributed by atoms with Crippen molar-refractivity contribution in [1.29, 1.82) is 0 Å². The summed E-state index contributed by atoms with van der Waals surface area (Å²) in [5.41, 5.74) is 12.8. The van der Waals surface area contributed by atoms with Gasteiger partial charge in [0.05, 0.1) is 22.6 Å². The molecule has 1 atom stereocenters. The highest BCUT2D eigenvalue weighted by Gasteiger charge is 2.20. The van der Waals surface area contributed by atoms with Gasteiger partial charge in [0.1, 0.15) is 16.9 Å². The summed E-state index contributed by atoms with van der Waals surface area (Å²) in [5.74, 6) is -2.17. The molecule has 29 heavy (non-hydrogen) atoms. The highest BCUT2D eigenvalue weighted by atomic mass is 32.1. The third-order valence-electron chi connectivity index (χ3n) is 4.12. The molecule has 3 rings (SSSR count). The van der Waals surface area contributed by atoms with E-state index >= 15 is 0 Å². The molecule has 0 fully saturated rings. The van der Waals surface area contributed by atoms with Crippen molar-refractivity contribution in [1.82, 2.24) is 9.36 Å². The van der Waals surface area contributed by atoms with Crippen molar-refractivity contribution >= 4 is 39.7 Å². The van der Waals surface area contributed by atoms with Crippen LogP contribution in [0.3, 0.4) is 0 Å². The number of carbonyl (C=O) groups is 2. The van der Waals surface area contributed by atoms with E-state index in [-0.39, 0.29) is 23.4 Å². The van der Waals surface area contributed by atoms with E-state index in [1.54, 1.807) is 30.6 Å². The van der Waals surface area contributed by atoms with Crippen LogP contribution in [0, 0.1) is 12.7 Å². The van der Waals surface area contributed by atoms with E-state index in [1.807, 2.05) is 6.92 Å². The lowest BCUT2D eigenvalue weighted by molar-refractivity contribution is -0.118. The van der Waals surface area contributed by atoms with E-state index in [0.717, 1.165) is 17.3 Å². The zero-order valence-corrected chi connectivity index (χ0v) is 16.3. The Morgan fingerprint density at radius 2 is 1.90 bits per heavy atom. The van der Waals surface area contributed by atoms with Gasteiger partial charge in [-0.05, 0) is 54.4 Å². The maximum absolute atomic E-state index is 14.6. The fourth-order valence-corrected chi connectivity index (χ4v) is 3.39. The van der Waals surface area contributed by atoms with Gasteiger partial charge < -0.3 is 22.1 Å². The average Bonchev–Trinajstić information content (AvgIpc) is 3.08. The molecule has 0 radical (unpaired) electrons.